The molecule has 0 aromatic carbocycles. The van der Waals surface area contributed by atoms with Crippen LogP contribution < -0.4 is 0 Å². The first-order valence-corrected chi connectivity index (χ1v) is 11.6. The van der Waals surface area contributed by atoms with Gasteiger partial charge in [-0.1, -0.05) is 31.2 Å². The lowest BCUT2D eigenvalue weighted by Gasteiger charge is -2.43. The first-order chi connectivity index (χ1) is 13.5. The molecule has 28 heavy (non-hydrogen) atoms. The molecule has 0 bridgehead atoms. The molecular formula is C25H39NO2. The summed E-state index contributed by atoms with van der Waals surface area (Å²) in [5.74, 6) is 1.55. The minimum absolute atomic E-state index is 0.0998. The van der Waals surface area contributed by atoms with E-state index in [1.54, 1.807) is 5.57 Å². The third-order valence-electron chi connectivity index (χ3n) is 8.44. The number of allylic oxidation sites excluding steroid dienone is 3. The minimum Gasteiger partial charge on any atom is -0.392 e. The van der Waals surface area contributed by atoms with E-state index in [2.05, 4.69) is 30.6 Å². The Hall–Kier alpha value is -0.900. The van der Waals surface area contributed by atoms with Crippen molar-refractivity contribution in [2.45, 2.75) is 83.3 Å². The monoisotopic (exact) mass is 385 g/mol. The van der Waals surface area contributed by atoms with Gasteiger partial charge in [-0.2, -0.15) is 0 Å². The van der Waals surface area contributed by atoms with Crippen LogP contribution >= 0.6 is 0 Å². The summed E-state index contributed by atoms with van der Waals surface area (Å²) >= 11 is 0. The second-order valence-electron chi connectivity index (χ2n) is 10.1. The lowest BCUT2D eigenvalue weighted by atomic mass is 9.63. The topological polar surface area (TPSA) is 43.7 Å². The van der Waals surface area contributed by atoms with Crippen molar-refractivity contribution in [3.05, 3.63) is 35.5 Å². The Kier molecular flexibility index (Phi) is 6.15. The highest BCUT2D eigenvalue weighted by atomic mass is 16.3. The van der Waals surface area contributed by atoms with Gasteiger partial charge < -0.3 is 15.1 Å². The van der Waals surface area contributed by atoms with Crippen molar-refractivity contribution in [3.63, 3.8) is 0 Å². The fourth-order valence-electron chi connectivity index (χ4n) is 6.61. The van der Waals surface area contributed by atoms with E-state index in [1.165, 1.54) is 44.1 Å². The third-order valence-corrected chi connectivity index (χ3v) is 8.44. The number of aliphatic hydroxyl groups excluding tert-OH is 2. The van der Waals surface area contributed by atoms with Crippen LogP contribution in [0.25, 0.3) is 0 Å². The van der Waals surface area contributed by atoms with E-state index in [4.69, 9.17) is 0 Å². The Morgan fingerprint density at radius 2 is 1.96 bits per heavy atom. The molecule has 3 saturated carbocycles. The molecule has 0 aromatic heterocycles. The van der Waals surface area contributed by atoms with Crippen molar-refractivity contribution in [3.8, 4) is 0 Å². The SMILES string of the molecule is C=C1/C(=C\C=C2/CCC[C@@]3(C)C2CC[C@@H]3CCN2CC[C@H](O)C2)CCCC1O. The second-order valence-corrected chi connectivity index (χ2v) is 10.1. The Balaban J connectivity index is 1.42. The van der Waals surface area contributed by atoms with Gasteiger partial charge in [0.15, 0.2) is 0 Å². The summed E-state index contributed by atoms with van der Waals surface area (Å²) in [7, 11) is 0. The molecule has 5 atom stereocenters. The van der Waals surface area contributed by atoms with Crippen molar-refractivity contribution < 1.29 is 10.2 Å². The van der Waals surface area contributed by atoms with Gasteiger partial charge in [0.2, 0.25) is 0 Å². The maximum atomic E-state index is 10.1. The van der Waals surface area contributed by atoms with E-state index in [0.29, 0.717) is 5.41 Å². The number of nitrogens with zero attached hydrogens (tertiary/aromatic N) is 1. The van der Waals surface area contributed by atoms with E-state index < -0.39 is 0 Å². The van der Waals surface area contributed by atoms with Crippen LogP contribution in [-0.4, -0.2) is 47.0 Å². The van der Waals surface area contributed by atoms with Gasteiger partial charge in [0, 0.05) is 13.1 Å². The summed E-state index contributed by atoms with van der Waals surface area (Å²) in [6.07, 6.45) is 16.1. The summed E-state index contributed by atoms with van der Waals surface area (Å²) in [5, 5.41) is 19.9. The maximum Gasteiger partial charge on any atom is 0.0787 e. The number of rotatable bonds is 4. The summed E-state index contributed by atoms with van der Waals surface area (Å²) < 4.78 is 0. The number of fused-ring (bicyclic) bond motifs is 1. The molecule has 1 aliphatic heterocycles. The molecule has 3 aliphatic carbocycles. The number of β-amino-alcohol motifs (C(OH)–C–C–N with tert-alkyl or cyclic N) is 1. The quantitative estimate of drug-likeness (QED) is 0.742. The zero-order chi connectivity index (χ0) is 19.7. The van der Waals surface area contributed by atoms with Gasteiger partial charge in [0.25, 0.3) is 0 Å². The standard InChI is InChI=1S/C25H39NO2/c1-18-19(5-3-7-24(18)28)8-9-20-6-4-14-25(2)21(10-11-23(20)25)12-15-26-16-13-22(27)17-26/h8-9,21-24,27-28H,1,3-7,10-17H2,2H3/b19-8-,20-9+/t21-,22+,23?,24?,25-/m1/s1. The van der Waals surface area contributed by atoms with Crippen LogP contribution in [0, 0.1) is 17.3 Å². The number of likely N-dealkylation sites (tertiary alicyclic amines) is 1. The number of hydrogen-bond acceptors (Lipinski definition) is 3. The highest BCUT2D eigenvalue weighted by molar-refractivity contribution is 5.37. The lowest BCUT2D eigenvalue weighted by molar-refractivity contribution is 0.116. The maximum absolute atomic E-state index is 10.1. The molecule has 2 unspecified atom stereocenters. The van der Waals surface area contributed by atoms with Crippen molar-refractivity contribution in [2.75, 3.05) is 19.6 Å². The third kappa shape index (κ3) is 4.04. The van der Waals surface area contributed by atoms with Gasteiger partial charge in [-0.15, -0.1) is 0 Å². The summed E-state index contributed by atoms with van der Waals surface area (Å²) in [4.78, 5) is 2.46. The van der Waals surface area contributed by atoms with E-state index in [1.807, 2.05) is 0 Å². The zero-order valence-electron chi connectivity index (χ0n) is 17.7. The smallest absolute Gasteiger partial charge is 0.0787 e. The van der Waals surface area contributed by atoms with Gasteiger partial charge in [0.1, 0.15) is 0 Å². The minimum atomic E-state index is -0.338. The van der Waals surface area contributed by atoms with Crippen LogP contribution in [0.3, 0.4) is 0 Å². The average molecular weight is 386 g/mol. The molecule has 3 heteroatoms. The molecule has 0 radical (unpaired) electrons. The largest absolute Gasteiger partial charge is 0.392 e. The van der Waals surface area contributed by atoms with E-state index in [0.717, 1.165) is 62.7 Å². The van der Waals surface area contributed by atoms with Crippen LogP contribution in [0.4, 0.5) is 0 Å². The van der Waals surface area contributed by atoms with Crippen LogP contribution in [-0.2, 0) is 0 Å². The fraction of sp³-hybridized carbons (Fsp3) is 0.760. The lowest BCUT2D eigenvalue weighted by Crippen LogP contribution is -2.35. The van der Waals surface area contributed by atoms with E-state index in [-0.39, 0.29) is 12.2 Å². The van der Waals surface area contributed by atoms with Crippen molar-refractivity contribution in [1.29, 1.82) is 0 Å². The van der Waals surface area contributed by atoms with Gasteiger partial charge in [-0.3, -0.25) is 0 Å². The van der Waals surface area contributed by atoms with Crippen molar-refractivity contribution in [1.82, 2.24) is 4.90 Å². The molecular weight excluding hydrogens is 346 g/mol. The predicted octanol–water partition coefficient (Wildman–Crippen LogP) is 4.61. The Labute approximate surface area is 171 Å². The molecule has 156 valence electrons. The predicted molar refractivity (Wildman–Crippen MR) is 115 cm³/mol. The number of aliphatic hydroxyl groups is 2. The molecule has 4 aliphatic rings. The molecule has 3 nitrogen and oxygen atoms in total. The first kappa shape index (κ1) is 20.4. The van der Waals surface area contributed by atoms with Crippen LogP contribution in [0.2, 0.25) is 0 Å². The first-order valence-electron chi connectivity index (χ1n) is 11.6. The molecule has 2 N–H and O–H groups in total. The van der Waals surface area contributed by atoms with Crippen molar-refractivity contribution >= 4 is 0 Å². The second kappa shape index (κ2) is 8.45. The zero-order valence-corrected chi connectivity index (χ0v) is 17.7. The molecule has 0 aromatic rings. The van der Waals surface area contributed by atoms with E-state index in [9.17, 15) is 10.2 Å². The van der Waals surface area contributed by atoms with Crippen LogP contribution in [0.15, 0.2) is 35.5 Å². The molecule has 1 heterocycles. The van der Waals surface area contributed by atoms with Gasteiger partial charge >= 0.3 is 0 Å². The van der Waals surface area contributed by atoms with Gasteiger partial charge in [-0.05, 0) is 99.1 Å². The molecule has 0 amide bonds. The fourth-order valence-corrected chi connectivity index (χ4v) is 6.61. The van der Waals surface area contributed by atoms with Gasteiger partial charge in [-0.25, -0.2) is 0 Å². The summed E-state index contributed by atoms with van der Waals surface area (Å²) in [6, 6.07) is 0. The van der Waals surface area contributed by atoms with Gasteiger partial charge in [0.05, 0.1) is 12.2 Å². The highest BCUT2D eigenvalue weighted by Gasteiger charge is 2.48. The highest BCUT2D eigenvalue weighted by Crippen LogP contribution is 2.58. The summed E-state index contributed by atoms with van der Waals surface area (Å²) in [6.45, 7) is 9.79. The molecule has 4 rings (SSSR count). The van der Waals surface area contributed by atoms with E-state index >= 15 is 0 Å². The molecule has 0 spiro atoms. The van der Waals surface area contributed by atoms with Crippen molar-refractivity contribution in [2.24, 2.45) is 17.3 Å². The summed E-state index contributed by atoms with van der Waals surface area (Å²) in [5.41, 5.74) is 4.30. The normalized spacial score (nSPS) is 42.5. The number of hydrogen-bond donors (Lipinski definition) is 2. The Morgan fingerprint density at radius 3 is 2.75 bits per heavy atom. The molecule has 1 saturated heterocycles. The Morgan fingerprint density at radius 1 is 1.11 bits per heavy atom. The van der Waals surface area contributed by atoms with Crippen LogP contribution in [0.5, 0.6) is 0 Å². The van der Waals surface area contributed by atoms with Crippen LogP contribution in [0.1, 0.15) is 71.1 Å². The molecule has 4 fully saturated rings. The average Bonchev–Trinajstić information content (AvgIpc) is 3.24. The Bertz CT molecular complexity index is 651.